The van der Waals surface area contributed by atoms with E-state index in [0.717, 1.165) is 28.3 Å². The maximum absolute atomic E-state index is 13.4. The van der Waals surface area contributed by atoms with Gasteiger partial charge in [0.1, 0.15) is 6.04 Å². The molecule has 0 aliphatic carbocycles. The Hall–Kier alpha value is -2.85. The smallest absolute Gasteiger partial charge is 0.242 e. The van der Waals surface area contributed by atoms with Gasteiger partial charge in [0, 0.05) is 24.5 Å². The Morgan fingerprint density at radius 1 is 0.938 bits per heavy atom. The summed E-state index contributed by atoms with van der Waals surface area (Å²) < 4.78 is 0. The second kappa shape index (κ2) is 11.7. The second-order valence-corrected chi connectivity index (χ2v) is 8.37. The third kappa shape index (κ3) is 5.89. The Morgan fingerprint density at radius 3 is 2.38 bits per heavy atom. The number of halogens is 1. The summed E-state index contributed by atoms with van der Waals surface area (Å²) in [5.41, 5.74) is 1.98. The predicted octanol–water partition coefficient (Wildman–Crippen LogP) is 5.76. The van der Waals surface area contributed by atoms with E-state index in [-0.39, 0.29) is 11.8 Å². The molecular formula is C27H31ClN2O2. The van der Waals surface area contributed by atoms with Gasteiger partial charge in [0.25, 0.3) is 0 Å². The molecule has 0 spiro atoms. The number of carbonyl (C=O) groups is 2. The maximum Gasteiger partial charge on any atom is 0.242 e. The van der Waals surface area contributed by atoms with Gasteiger partial charge in [-0.1, -0.05) is 86.1 Å². The quantitative estimate of drug-likeness (QED) is 0.427. The first-order valence-corrected chi connectivity index (χ1v) is 11.7. The molecule has 1 atom stereocenters. The van der Waals surface area contributed by atoms with Crippen LogP contribution >= 0.6 is 11.6 Å². The zero-order valence-corrected chi connectivity index (χ0v) is 19.6. The van der Waals surface area contributed by atoms with Crippen molar-refractivity contribution in [3.05, 3.63) is 82.9 Å². The molecule has 32 heavy (non-hydrogen) atoms. The van der Waals surface area contributed by atoms with Crippen LogP contribution in [0.5, 0.6) is 0 Å². The molecule has 0 aromatic heterocycles. The molecule has 0 saturated carbocycles. The van der Waals surface area contributed by atoms with Crippen LogP contribution in [0.2, 0.25) is 5.02 Å². The molecule has 0 bridgehead atoms. The van der Waals surface area contributed by atoms with Crippen LogP contribution in [0.4, 0.5) is 0 Å². The van der Waals surface area contributed by atoms with Crippen molar-refractivity contribution in [1.82, 2.24) is 10.2 Å². The van der Waals surface area contributed by atoms with E-state index in [0.29, 0.717) is 37.4 Å². The van der Waals surface area contributed by atoms with Gasteiger partial charge < -0.3 is 10.2 Å². The fraction of sp³-hybridized carbons (Fsp3) is 0.333. The van der Waals surface area contributed by atoms with Crippen molar-refractivity contribution in [3.8, 4) is 0 Å². The van der Waals surface area contributed by atoms with Crippen LogP contribution in [0.25, 0.3) is 10.8 Å². The summed E-state index contributed by atoms with van der Waals surface area (Å²) in [6, 6.07) is 21.3. The Labute approximate surface area is 195 Å². The molecular weight excluding hydrogens is 420 g/mol. The van der Waals surface area contributed by atoms with Crippen LogP contribution in [0, 0.1) is 0 Å². The summed E-state index contributed by atoms with van der Waals surface area (Å²) in [6.07, 6.45) is 2.34. The molecule has 0 heterocycles. The zero-order chi connectivity index (χ0) is 22.9. The van der Waals surface area contributed by atoms with Crippen LogP contribution in [0.1, 0.15) is 44.2 Å². The minimum Gasteiger partial charge on any atom is -0.354 e. The van der Waals surface area contributed by atoms with Crippen molar-refractivity contribution in [2.45, 2.75) is 52.1 Å². The van der Waals surface area contributed by atoms with Crippen molar-refractivity contribution in [1.29, 1.82) is 0 Å². The van der Waals surface area contributed by atoms with E-state index in [1.54, 1.807) is 4.90 Å². The van der Waals surface area contributed by atoms with Gasteiger partial charge >= 0.3 is 0 Å². The maximum atomic E-state index is 13.4. The summed E-state index contributed by atoms with van der Waals surface area (Å²) in [5, 5.41) is 5.87. The SMILES string of the molecule is CCCNC(=O)[C@@H](CC)N(Cc1ccccc1Cl)C(=O)CCc1cccc2ccccc12. The summed E-state index contributed by atoms with van der Waals surface area (Å²) in [4.78, 5) is 28.0. The lowest BCUT2D eigenvalue weighted by molar-refractivity contribution is -0.141. The normalized spacial score (nSPS) is 11.8. The Morgan fingerprint density at radius 2 is 1.62 bits per heavy atom. The van der Waals surface area contributed by atoms with E-state index < -0.39 is 6.04 Å². The topological polar surface area (TPSA) is 49.4 Å². The highest BCUT2D eigenvalue weighted by atomic mass is 35.5. The number of hydrogen-bond donors (Lipinski definition) is 1. The molecule has 3 aromatic carbocycles. The lowest BCUT2D eigenvalue weighted by atomic mass is 10.00. The summed E-state index contributed by atoms with van der Waals surface area (Å²) in [7, 11) is 0. The molecule has 0 aliphatic rings. The van der Waals surface area contributed by atoms with Crippen LogP contribution in [0.3, 0.4) is 0 Å². The fourth-order valence-electron chi connectivity index (χ4n) is 3.99. The number of nitrogens with zero attached hydrogens (tertiary/aromatic N) is 1. The third-order valence-electron chi connectivity index (χ3n) is 5.72. The molecule has 4 nitrogen and oxygen atoms in total. The van der Waals surface area contributed by atoms with Crippen LogP contribution in [-0.2, 0) is 22.6 Å². The summed E-state index contributed by atoms with van der Waals surface area (Å²) >= 11 is 6.38. The number of amides is 2. The molecule has 3 rings (SSSR count). The minimum atomic E-state index is -0.530. The number of carbonyl (C=O) groups excluding carboxylic acids is 2. The van der Waals surface area contributed by atoms with Crippen molar-refractivity contribution in [3.63, 3.8) is 0 Å². The molecule has 0 saturated heterocycles. The first-order chi connectivity index (χ1) is 15.5. The van der Waals surface area contributed by atoms with Crippen LogP contribution < -0.4 is 5.32 Å². The average molecular weight is 451 g/mol. The predicted molar refractivity (Wildman–Crippen MR) is 132 cm³/mol. The Balaban J connectivity index is 1.83. The first-order valence-electron chi connectivity index (χ1n) is 11.3. The van der Waals surface area contributed by atoms with Crippen molar-refractivity contribution < 1.29 is 9.59 Å². The average Bonchev–Trinajstić information content (AvgIpc) is 2.82. The lowest BCUT2D eigenvalue weighted by Crippen LogP contribution is -2.49. The van der Waals surface area contributed by atoms with Gasteiger partial charge in [0.05, 0.1) is 0 Å². The van der Waals surface area contributed by atoms with Gasteiger partial charge in [0.2, 0.25) is 11.8 Å². The first kappa shape index (κ1) is 23.8. The van der Waals surface area contributed by atoms with Crippen molar-refractivity contribution in [2.75, 3.05) is 6.54 Å². The van der Waals surface area contributed by atoms with E-state index in [4.69, 9.17) is 11.6 Å². The zero-order valence-electron chi connectivity index (χ0n) is 18.8. The molecule has 0 unspecified atom stereocenters. The Kier molecular flexibility index (Phi) is 8.69. The molecule has 1 N–H and O–H groups in total. The molecule has 0 radical (unpaired) electrons. The lowest BCUT2D eigenvalue weighted by Gasteiger charge is -2.31. The number of nitrogens with one attached hydrogen (secondary N) is 1. The van der Waals surface area contributed by atoms with Gasteiger partial charge in [-0.05, 0) is 47.2 Å². The number of benzene rings is 3. The standard InChI is InChI=1S/C27H31ClN2O2/c1-3-18-29-27(32)25(4-2)30(19-22-11-6-8-15-24(22)28)26(31)17-16-21-13-9-12-20-10-5-7-14-23(20)21/h5-15,25H,3-4,16-19H2,1-2H3,(H,29,32)/t25-/m1/s1. The van der Waals surface area contributed by atoms with E-state index in [1.807, 2.05) is 56.3 Å². The summed E-state index contributed by atoms with van der Waals surface area (Å²) in [6.45, 7) is 4.86. The molecule has 168 valence electrons. The van der Waals surface area contributed by atoms with Crippen LogP contribution in [0.15, 0.2) is 66.7 Å². The number of rotatable bonds is 10. The molecule has 0 fully saturated rings. The number of fused-ring (bicyclic) bond motifs is 1. The highest BCUT2D eigenvalue weighted by Gasteiger charge is 2.28. The van der Waals surface area contributed by atoms with E-state index in [1.165, 1.54) is 0 Å². The monoisotopic (exact) mass is 450 g/mol. The van der Waals surface area contributed by atoms with Crippen LogP contribution in [-0.4, -0.2) is 29.3 Å². The largest absolute Gasteiger partial charge is 0.354 e. The summed E-state index contributed by atoms with van der Waals surface area (Å²) in [5.74, 6) is -0.156. The number of aryl methyl sites for hydroxylation is 1. The molecule has 0 aliphatic heterocycles. The molecule has 3 aromatic rings. The van der Waals surface area contributed by atoms with Gasteiger partial charge in [-0.2, -0.15) is 0 Å². The fourth-order valence-corrected chi connectivity index (χ4v) is 4.19. The highest BCUT2D eigenvalue weighted by molar-refractivity contribution is 6.31. The highest BCUT2D eigenvalue weighted by Crippen LogP contribution is 2.23. The minimum absolute atomic E-state index is 0.0450. The van der Waals surface area contributed by atoms with Gasteiger partial charge in [-0.3, -0.25) is 9.59 Å². The number of hydrogen-bond acceptors (Lipinski definition) is 2. The van der Waals surface area contributed by atoms with E-state index >= 15 is 0 Å². The Bertz CT molecular complexity index is 1060. The van der Waals surface area contributed by atoms with Crippen molar-refractivity contribution in [2.24, 2.45) is 0 Å². The van der Waals surface area contributed by atoms with Gasteiger partial charge in [-0.25, -0.2) is 0 Å². The molecule has 5 heteroatoms. The molecule has 2 amide bonds. The van der Waals surface area contributed by atoms with E-state index in [9.17, 15) is 9.59 Å². The second-order valence-electron chi connectivity index (χ2n) is 7.97. The van der Waals surface area contributed by atoms with Crippen molar-refractivity contribution >= 4 is 34.2 Å². The third-order valence-corrected chi connectivity index (χ3v) is 6.09. The van der Waals surface area contributed by atoms with E-state index in [2.05, 4.69) is 29.6 Å². The van der Waals surface area contributed by atoms with Gasteiger partial charge in [0.15, 0.2) is 0 Å². The van der Waals surface area contributed by atoms with Gasteiger partial charge in [-0.15, -0.1) is 0 Å².